The van der Waals surface area contributed by atoms with Gasteiger partial charge in [-0.15, -0.1) is 33.7 Å². The average Bonchev–Trinajstić information content (AvgIpc) is 3.61. The van der Waals surface area contributed by atoms with Crippen molar-refractivity contribution in [2.24, 2.45) is 0 Å². The van der Waals surface area contributed by atoms with Crippen molar-refractivity contribution in [3.05, 3.63) is 149 Å². The van der Waals surface area contributed by atoms with Gasteiger partial charge >= 0.3 is 99.2 Å². The molecule has 3 heteroatoms. The van der Waals surface area contributed by atoms with Gasteiger partial charge in [0.15, 0.2) is 0 Å². The van der Waals surface area contributed by atoms with E-state index in [9.17, 15) is 0 Å². The Morgan fingerprint density at radius 3 is 1.84 bits per heavy atom. The van der Waals surface area contributed by atoms with Crippen molar-refractivity contribution in [2.45, 2.75) is 32.6 Å². The Bertz CT molecular complexity index is 1510. The average molecular weight is 614 g/mol. The summed E-state index contributed by atoms with van der Waals surface area (Å²) in [5.41, 5.74) is 7.05. The number of fused-ring (bicyclic) bond motifs is 3. The molecular formula is C35H31Cl2Zr-. The Morgan fingerprint density at radius 2 is 1.29 bits per heavy atom. The second-order valence-electron chi connectivity index (χ2n) is 9.28. The van der Waals surface area contributed by atoms with Crippen LogP contribution in [0.5, 0.6) is 0 Å². The van der Waals surface area contributed by atoms with E-state index in [-0.39, 0.29) is 24.8 Å². The van der Waals surface area contributed by atoms with E-state index in [1.165, 1.54) is 76.8 Å². The van der Waals surface area contributed by atoms with Crippen molar-refractivity contribution >= 4 is 24.8 Å². The summed E-state index contributed by atoms with van der Waals surface area (Å²) in [4.78, 5) is 0. The Hall–Kier alpha value is -2.44. The van der Waals surface area contributed by atoms with Crippen molar-refractivity contribution in [1.82, 2.24) is 0 Å². The first kappa shape index (κ1) is 30.1. The van der Waals surface area contributed by atoms with Crippen molar-refractivity contribution in [1.29, 1.82) is 0 Å². The molecule has 0 spiro atoms. The van der Waals surface area contributed by atoms with E-state index in [1.807, 2.05) is 0 Å². The third kappa shape index (κ3) is 6.40. The molecular weight excluding hydrogens is 583 g/mol. The molecule has 0 unspecified atom stereocenters. The Balaban J connectivity index is 0.000000219. The first-order valence-electron chi connectivity index (χ1n) is 12.9. The van der Waals surface area contributed by atoms with E-state index in [0.717, 1.165) is 12.8 Å². The molecule has 1 aliphatic carbocycles. The molecule has 0 aromatic heterocycles. The number of halogens is 2. The molecule has 0 atom stereocenters. The second kappa shape index (κ2) is 14.1. The van der Waals surface area contributed by atoms with Crippen LogP contribution in [-0.4, -0.2) is 3.21 Å². The van der Waals surface area contributed by atoms with E-state index in [1.54, 1.807) is 0 Å². The SMILES string of the molecule is CCc1ccc2c(c1)[cH-]c1c(C3C=CC=C3)c(CC)ccc12.[Cl-].[Cl-].[Zr+2]=[C](c1ccccc1)c1ccccc1. The Labute approximate surface area is 254 Å². The molecule has 190 valence electrons. The Kier molecular flexibility index (Phi) is 11.2. The van der Waals surface area contributed by atoms with Gasteiger partial charge in [-0.3, -0.25) is 0 Å². The van der Waals surface area contributed by atoms with E-state index < -0.39 is 0 Å². The van der Waals surface area contributed by atoms with E-state index in [0.29, 0.717) is 5.92 Å². The molecule has 0 fully saturated rings. The predicted molar refractivity (Wildman–Crippen MR) is 153 cm³/mol. The number of allylic oxidation sites excluding steroid dienone is 4. The molecule has 1 aliphatic rings. The normalized spacial score (nSPS) is 12.1. The van der Waals surface area contributed by atoms with Crippen LogP contribution in [-0.2, 0) is 37.1 Å². The topological polar surface area (TPSA) is 0 Å². The molecule has 0 nitrogen and oxygen atoms in total. The fourth-order valence-electron chi connectivity index (χ4n) is 5.13. The van der Waals surface area contributed by atoms with Crippen LogP contribution >= 0.6 is 0 Å². The summed E-state index contributed by atoms with van der Waals surface area (Å²) in [5, 5.41) is 5.61. The number of aryl methyl sites for hydroxylation is 2. The van der Waals surface area contributed by atoms with Gasteiger partial charge in [0.2, 0.25) is 0 Å². The fourth-order valence-corrected chi connectivity index (χ4v) is 5.95. The van der Waals surface area contributed by atoms with Crippen LogP contribution in [0.2, 0.25) is 0 Å². The Morgan fingerprint density at radius 1 is 0.711 bits per heavy atom. The summed E-state index contributed by atoms with van der Waals surface area (Å²) in [7, 11) is 0. The van der Waals surface area contributed by atoms with Crippen LogP contribution in [0.25, 0.3) is 21.5 Å². The zero-order valence-electron chi connectivity index (χ0n) is 21.8. The van der Waals surface area contributed by atoms with Crippen LogP contribution in [0, 0.1) is 0 Å². The van der Waals surface area contributed by atoms with Gasteiger partial charge in [-0.05, 0) is 18.8 Å². The number of hydrogen-bond donors (Lipinski definition) is 0. The van der Waals surface area contributed by atoms with Gasteiger partial charge in [0, 0.05) is 0 Å². The summed E-state index contributed by atoms with van der Waals surface area (Å²) in [6.45, 7) is 4.48. The first-order valence-corrected chi connectivity index (χ1v) is 14.1. The molecule has 6 rings (SSSR count). The summed E-state index contributed by atoms with van der Waals surface area (Å²) < 4.78 is 1.42. The molecule has 5 aromatic rings. The van der Waals surface area contributed by atoms with E-state index in [2.05, 4.69) is 135 Å². The molecule has 0 N–H and O–H groups in total. The van der Waals surface area contributed by atoms with Crippen LogP contribution in [0.3, 0.4) is 0 Å². The van der Waals surface area contributed by atoms with Crippen LogP contribution in [0.4, 0.5) is 0 Å². The maximum atomic E-state index is 2.40. The van der Waals surface area contributed by atoms with Gasteiger partial charge in [-0.25, -0.2) is 0 Å². The molecule has 0 heterocycles. The van der Waals surface area contributed by atoms with Gasteiger partial charge in [0.25, 0.3) is 0 Å². The molecule has 0 aliphatic heterocycles. The summed E-state index contributed by atoms with van der Waals surface area (Å²) in [6, 6.07) is 35.1. The van der Waals surface area contributed by atoms with Crippen molar-refractivity contribution in [2.75, 3.05) is 0 Å². The summed E-state index contributed by atoms with van der Waals surface area (Å²) in [5.74, 6) is 0.432. The van der Waals surface area contributed by atoms with Crippen LogP contribution < -0.4 is 24.8 Å². The minimum absolute atomic E-state index is 0. The quantitative estimate of drug-likeness (QED) is 0.268. The number of rotatable bonds is 5. The van der Waals surface area contributed by atoms with Crippen LogP contribution in [0.1, 0.15) is 47.6 Å². The molecule has 0 bridgehead atoms. The van der Waals surface area contributed by atoms with Crippen LogP contribution in [0.15, 0.2) is 121 Å². The van der Waals surface area contributed by atoms with Crippen molar-refractivity contribution in [3.63, 3.8) is 0 Å². The molecule has 0 saturated carbocycles. The first-order chi connectivity index (χ1) is 17.7. The van der Waals surface area contributed by atoms with Crippen molar-refractivity contribution < 1.29 is 49.0 Å². The summed E-state index contributed by atoms with van der Waals surface area (Å²) in [6.07, 6.45) is 11.1. The molecule has 5 aromatic carbocycles. The number of hydrogen-bond acceptors (Lipinski definition) is 0. The van der Waals surface area contributed by atoms with Crippen molar-refractivity contribution in [3.8, 4) is 0 Å². The zero-order chi connectivity index (χ0) is 24.9. The zero-order valence-corrected chi connectivity index (χ0v) is 25.8. The van der Waals surface area contributed by atoms with Gasteiger partial charge in [-0.2, -0.15) is 0 Å². The van der Waals surface area contributed by atoms with Gasteiger partial charge < -0.3 is 24.8 Å². The van der Waals surface area contributed by atoms with Gasteiger partial charge in [-0.1, -0.05) is 79.1 Å². The predicted octanol–water partition coefficient (Wildman–Crippen LogP) is 2.86. The fraction of sp³-hybridized carbons (Fsp3) is 0.143. The van der Waals surface area contributed by atoms with Gasteiger partial charge in [0.05, 0.1) is 0 Å². The molecule has 38 heavy (non-hydrogen) atoms. The standard InChI is InChI=1S/C22H21.C13H10.2ClH.Zr/c1-3-15-9-11-19-18(13-15)14-21-20(19)12-10-16(4-2)22(21)17-7-5-6-8-17;1-3-7-12(8-4-1)11-13-9-5-2-6-10-13;;;/h5-14,17H,3-4H2,1-2H3;1-10H;2*1H;/q-1;;;;+2/p-2. The summed E-state index contributed by atoms with van der Waals surface area (Å²) >= 11 is 1.46. The van der Waals surface area contributed by atoms with Gasteiger partial charge in [0.1, 0.15) is 0 Å². The number of benzene rings is 4. The second-order valence-corrected chi connectivity index (χ2v) is 10.5. The third-order valence-electron chi connectivity index (χ3n) is 7.08. The minimum atomic E-state index is 0. The molecule has 0 saturated heterocycles. The molecule has 0 amide bonds. The molecule has 0 radical (unpaired) electrons. The monoisotopic (exact) mass is 611 g/mol. The van der Waals surface area contributed by atoms with E-state index in [4.69, 9.17) is 0 Å². The third-order valence-corrected chi connectivity index (χ3v) is 8.50. The maximum absolute atomic E-state index is 2.40. The van der Waals surface area contributed by atoms with E-state index >= 15 is 0 Å².